The Balaban J connectivity index is 0. The van der Waals surface area contributed by atoms with Gasteiger partial charge in [0.15, 0.2) is 0 Å². The Morgan fingerprint density at radius 2 is 0.900 bits per heavy atom. The van der Waals surface area contributed by atoms with Crippen molar-refractivity contribution in [1.82, 2.24) is 0 Å². The van der Waals surface area contributed by atoms with Gasteiger partial charge in [-0.25, -0.2) is 0 Å². The molecule has 0 aliphatic carbocycles. The number of carbonyl (C=O) groups is 2. The summed E-state index contributed by atoms with van der Waals surface area (Å²) in [7, 11) is 0. The minimum Gasteiger partial charge on any atom is -0.545 e. The molecule has 0 aliphatic rings. The van der Waals surface area contributed by atoms with Crippen molar-refractivity contribution in [2.75, 3.05) is 0 Å². The molecular weight excluding hydrogens is 382 g/mol. The fourth-order valence-corrected chi connectivity index (χ4v) is 1.15. The molecule has 0 saturated carbocycles. The number of aromatic carboxylic acids is 2. The molecule has 0 aliphatic heterocycles. The molecule has 0 radical (unpaired) electrons. The van der Waals surface area contributed by atoms with Gasteiger partial charge in [0.05, 0.1) is 11.9 Å². The molecule has 2 rings (SSSR count). The maximum Gasteiger partial charge on any atom is 1.00 e. The maximum atomic E-state index is 10.1. The average Bonchev–Trinajstić information content (AvgIpc) is 2.41. The van der Waals surface area contributed by atoms with Crippen LogP contribution in [-0.4, -0.2) is 11.9 Å². The summed E-state index contributed by atoms with van der Waals surface area (Å²) in [4.78, 5) is 20.2. The number of halogens is 1. The topological polar surface area (TPSA) is 80.3 Å². The second-order valence-electron chi connectivity index (χ2n) is 3.31. The molecule has 2 aromatic rings. The molecule has 100 valence electrons. The predicted molar refractivity (Wildman–Crippen MR) is 64.3 cm³/mol. The Hall–Kier alpha value is -0.890. The van der Waals surface area contributed by atoms with Crippen LogP contribution >= 0.6 is 0 Å². The van der Waals surface area contributed by atoms with Crippen LogP contribution in [0.3, 0.4) is 0 Å². The van der Waals surface area contributed by atoms with E-state index in [-0.39, 0.29) is 64.7 Å². The monoisotopic (exact) mass is 394 g/mol. The molecule has 0 heterocycles. The molecule has 0 unspecified atom stereocenters. The van der Waals surface area contributed by atoms with Crippen molar-refractivity contribution in [3.05, 3.63) is 71.8 Å². The molecule has 20 heavy (non-hydrogen) atoms. The predicted octanol–water partition coefficient (Wildman–Crippen LogP) is -6.43. The second-order valence-corrected chi connectivity index (χ2v) is 3.31. The normalized spacial score (nSPS) is 8.00. The second kappa shape index (κ2) is 11.9. The summed E-state index contributed by atoms with van der Waals surface area (Å²) in [5.74, 6) is -2.26. The van der Waals surface area contributed by atoms with Gasteiger partial charge < -0.3 is 19.8 Å². The van der Waals surface area contributed by atoms with Crippen LogP contribution in [-0.2, 0) is 0 Å². The smallest absolute Gasteiger partial charge is 0.545 e. The van der Waals surface area contributed by atoms with Gasteiger partial charge in [-0.05, 0) is 11.1 Å². The van der Waals surface area contributed by atoms with Crippen LogP contribution in [0.25, 0.3) is 0 Å². The molecule has 0 spiro atoms. The Morgan fingerprint density at radius 1 is 0.650 bits per heavy atom. The third-order valence-electron chi connectivity index (χ3n) is 2.02. The fourth-order valence-electron chi connectivity index (χ4n) is 1.15. The summed E-state index contributed by atoms with van der Waals surface area (Å²) >= 11 is 0. The zero-order chi connectivity index (χ0) is 13.4. The van der Waals surface area contributed by atoms with E-state index in [2.05, 4.69) is 0 Å². The first kappa shape index (κ1) is 21.4. The Labute approximate surface area is 156 Å². The van der Waals surface area contributed by atoms with Gasteiger partial charge in [0.1, 0.15) is 0 Å². The Morgan fingerprint density at radius 3 is 1.05 bits per heavy atom. The van der Waals surface area contributed by atoms with E-state index < -0.39 is 11.9 Å². The number of hydrogen-bond donors (Lipinski definition) is 0. The van der Waals surface area contributed by atoms with E-state index in [1.807, 2.05) is 0 Å². The fraction of sp³-hybridized carbons (Fsp3) is 0. The summed E-state index contributed by atoms with van der Waals surface area (Å²) in [5.41, 5.74) is 0.440. The van der Waals surface area contributed by atoms with Crippen molar-refractivity contribution < 1.29 is 73.3 Å². The van der Waals surface area contributed by atoms with Crippen LogP contribution < -0.4 is 63.7 Å². The van der Waals surface area contributed by atoms with E-state index in [0.29, 0.717) is 0 Å². The summed E-state index contributed by atoms with van der Waals surface area (Å²) in [5, 5.41) is 20.2. The van der Waals surface area contributed by atoms with Crippen molar-refractivity contribution in [3.63, 3.8) is 0 Å². The van der Waals surface area contributed by atoms with Crippen molar-refractivity contribution >= 4 is 11.9 Å². The summed E-state index contributed by atoms with van der Waals surface area (Å²) in [6, 6.07) is 16.1. The first-order chi connectivity index (χ1) is 8.61. The molecule has 0 atom stereocenters. The summed E-state index contributed by atoms with van der Waals surface area (Å²) < 4.78 is 0. The van der Waals surface area contributed by atoms with E-state index in [1.54, 1.807) is 36.4 Å². The van der Waals surface area contributed by atoms with Crippen LogP contribution in [0.2, 0.25) is 0 Å². The van der Waals surface area contributed by atoms with Crippen molar-refractivity contribution in [2.45, 2.75) is 0 Å². The quantitative estimate of drug-likeness (QED) is 0.375. The third-order valence-corrected chi connectivity index (χ3v) is 2.02. The number of rotatable bonds is 2. The van der Waals surface area contributed by atoms with Crippen LogP contribution in [0.4, 0.5) is 0 Å². The van der Waals surface area contributed by atoms with E-state index in [0.717, 1.165) is 0 Å². The van der Waals surface area contributed by atoms with Gasteiger partial charge in [0.2, 0.25) is 24.0 Å². The van der Waals surface area contributed by atoms with Gasteiger partial charge in [0.25, 0.3) is 0 Å². The average molecular weight is 394 g/mol. The standard InChI is InChI=1S/2C7H6O2.H2I.Na/c2*8-7(9)6-4-2-1-3-5-6;;/h2*1-5H,(H,8,9);1H2;/q;;2*+1/p-2. The van der Waals surface area contributed by atoms with Crippen LogP contribution in [0, 0.1) is 0 Å². The van der Waals surface area contributed by atoms with Gasteiger partial charge >= 0.3 is 29.6 Å². The number of hydrogen-bond acceptors (Lipinski definition) is 4. The minimum absolute atomic E-state index is 0. The minimum atomic E-state index is -1.13. The zero-order valence-electron chi connectivity index (χ0n) is 10.9. The van der Waals surface area contributed by atoms with Crippen molar-refractivity contribution in [2.24, 2.45) is 0 Å². The van der Waals surface area contributed by atoms with Crippen molar-refractivity contribution in [1.29, 1.82) is 0 Å². The number of carbonyl (C=O) groups excluding carboxylic acids is 2. The van der Waals surface area contributed by atoms with E-state index >= 15 is 0 Å². The molecule has 2 aromatic carbocycles. The molecule has 0 bridgehead atoms. The molecule has 4 nitrogen and oxygen atoms in total. The van der Waals surface area contributed by atoms with Gasteiger partial charge in [-0.15, -0.1) is 0 Å². The SMILES string of the molecule is O=C([O-])c1ccccc1.O=C([O-])c1ccccc1.[IH2+].[Na+]. The van der Waals surface area contributed by atoms with Gasteiger partial charge in [0, 0.05) is 0 Å². The molecule has 0 N–H and O–H groups in total. The van der Waals surface area contributed by atoms with Crippen LogP contribution in [0.5, 0.6) is 0 Å². The maximum absolute atomic E-state index is 10.1. The van der Waals surface area contributed by atoms with E-state index in [9.17, 15) is 19.8 Å². The molecule has 0 saturated heterocycles. The van der Waals surface area contributed by atoms with Gasteiger partial charge in [-0.1, -0.05) is 60.7 Å². The number of benzene rings is 2. The molecule has 0 fully saturated rings. The first-order valence-electron chi connectivity index (χ1n) is 5.14. The van der Waals surface area contributed by atoms with Crippen LogP contribution in [0.1, 0.15) is 20.7 Å². The van der Waals surface area contributed by atoms with E-state index in [4.69, 9.17) is 0 Å². The number of carboxylic acid groups (broad SMARTS) is 2. The molecular formula is C14H12INaO4. The van der Waals surface area contributed by atoms with E-state index in [1.165, 1.54) is 24.3 Å². The van der Waals surface area contributed by atoms with Crippen molar-refractivity contribution in [3.8, 4) is 0 Å². The molecule has 0 aromatic heterocycles. The summed E-state index contributed by atoms with van der Waals surface area (Å²) in [6.07, 6.45) is 0. The van der Waals surface area contributed by atoms with Gasteiger partial charge in [-0.3, -0.25) is 0 Å². The third kappa shape index (κ3) is 8.31. The summed E-state index contributed by atoms with van der Waals surface area (Å²) in [6.45, 7) is 0. The molecule has 0 amide bonds. The largest absolute Gasteiger partial charge is 1.00 e. The van der Waals surface area contributed by atoms with Crippen LogP contribution in [0.15, 0.2) is 60.7 Å². The Bertz CT molecular complexity index is 468. The zero-order valence-corrected chi connectivity index (χ0v) is 15.4. The number of carboxylic acids is 2. The Kier molecular flexibility index (Phi) is 12.7. The molecule has 6 heteroatoms. The van der Waals surface area contributed by atoms with Gasteiger partial charge in [-0.2, -0.15) is 0 Å². The first-order valence-corrected chi connectivity index (χ1v) is 5.14.